The van der Waals surface area contributed by atoms with Gasteiger partial charge in [0.25, 0.3) is 0 Å². The van der Waals surface area contributed by atoms with Crippen LogP contribution in [0.4, 0.5) is 38.1 Å². The Bertz CT molecular complexity index is 1700. The van der Waals surface area contributed by atoms with Gasteiger partial charge in [-0.2, -0.15) is 22.0 Å². The lowest BCUT2D eigenvalue weighted by Gasteiger charge is -2.56. The Kier molecular flexibility index (Phi) is 8.88. The third-order valence-corrected chi connectivity index (χ3v) is 12.4. The van der Waals surface area contributed by atoms with E-state index in [9.17, 15) is 27.9 Å². The molecule has 0 radical (unpaired) electrons. The van der Waals surface area contributed by atoms with Crippen LogP contribution >= 0.6 is 0 Å². The Morgan fingerprint density at radius 1 is 0.940 bits per heavy atom. The van der Waals surface area contributed by atoms with Gasteiger partial charge in [-0.3, -0.25) is 4.79 Å². The van der Waals surface area contributed by atoms with Crippen LogP contribution in [0, 0.1) is 17.3 Å². The minimum Gasteiger partial charge on any atom is -0.383 e. The Morgan fingerprint density at radius 3 is 2.32 bits per heavy atom. The summed E-state index contributed by atoms with van der Waals surface area (Å²) in [5.74, 6) is -6.59. The van der Waals surface area contributed by atoms with Crippen molar-refractivity contribution in [2.45, 2.75) is 101 Å². The maximum Gasteiger partial charge on any atom is 0.456 e. The number of hydrogen-bond acceptors (Lipinski definition) is 4. The van der Waals surface area contributed by atoms with Crippen LogP contribution in [0.15, 0.2) is 71.3 Å². The summed E-state index contributed by atoms with van der Waals surface area (Å²) in [4.78, 5) is 27.4. The van der Waals surface area contributed by atoms with Crippen molar-refractivity contribution in [1.29, 1.82) is 0 Å². The zero-order valence-corrected chi connectivity index (χ0v) is 28.2. The first-order valence-corrected chi connectivity index (χ1v) is 17.8. The molecule has 0 bridgehead atoms. The standard InChI is InChI=1S/C39H44F5N3O3/c1-36-22-32(25-7-5-24(6-8-25)23-45-35(49)46-27-10-12-28(13-11-27)47-19-3-2-4-20-47)34-30-16-14-29(48)21-26(30)9-15-31(34)33(36)17-18-37(36,50)38(40,41)39(42,43)44/h5-8,10-13,21,31-33,50H,2-4,9,14-20,22-23H2,1H3,(H2,45,46,49)/t31-,32+,33-,36-,37-/m0/s1. The zero-order chi connectivity index (χ0) is 35.5. The molecule has 3 fully saturated rings. The Hall–Kier alpha value is -3.73. The first kappa shape index (κ1) is 34.7. The van der Waals surface area contributed by atoms with Gasteiger partial charge in [-0.05, 0) is 122 Å². The second-order valence-electron chi connectivity index (χ2n) is 15.1. The molecule has 1 saturated heterocycles. The van der Waals surface area contributed by atoms with Gasteiger partial charge in [0.15, 0.2) is 5.78 Å². The maximum atomic E-state index is 15.3. The first-order valence-electron chi connectivity index (χ1n) is 17.8. The molecule has 0 aromatic heterocycles. The number of allylic oxidation sites excluding steroid dienone is 4. The summed E-state index contributed by atoms with van der Waals surface area (Å²) in [7, 11) is 0. The molecule has 0 spiro atoms. The maximum absolute atomic E-state index is 15.3. The summed E-state index contributed by atoms with van der Waals surface area (Å²) in [6.45, 7) is 3.70. The van der Waals surface area contributed by atoms with Crippen LogP contribution in [0.3, 0.4) is 0 Å². The molecular formula is C39H44F5N3O3. The van der Waals surface area contributed by atoms with E-state index in [1.54, 1.807) is 6.08 Å². The molecule has 2 saturated carbocycles. The SMILES string of the molecule is C[C@]12C[C@H](c3ccc(CNC(=O)Nc4ccc(N5CCCCC5)cc4)cc3)C3=C4CCC(=O)C=C4CC[C@H]3[C@@H]1CC[C@@]2(O)C(F)(F)C(F)(F)F. The highest BCUT2D eigenvalue weighted by atomic mass is 19.4. The fourth-order valence-electron chi connectivity index (χ4n) is 9.85. The number of ketones is 1. The van der Waals surface area contributed by atoms with E-state index in [-0.39, 0.29) is 37.1 Å². The van der Waals surface area contributed by atoms with E-state index < -0.39 is 41.4 Å². The molecule has 2 aromatic carbocycles. The number of carbonyl (C=O) groups is 2. The summed E-state index contributed by atoms with van der Waals surface area (Å²) >= 11 is 0. The van der Waals surface area contributed by atoms with Crippen LogP contribution in [0.2, 0.25) is 0 Å². The second kappa shape index (κ2) is 12.8. The lowest BCUT2D eigenvalue weighted by molar-refractivity contribution is -0.362. The summed E-state index contributed by atoms with van der Waals surface area (Å²) in [5.41, 5.74) is 1.36. The van der Waals surface area contributed by atoms with E-state index in [0.29, 0.717) is 31.4 Å². The van der Waals surface area contributed by atoms with Crippen LogP contribution in [0.1, 0.15) is 88.2 Å². The molecule has 50 heavy (non-hydrogen) atoms. The van der Waals surface area contributed by atoms with Crippen LogP contribution in [-0.4, -0.2) is 47.7 Å². The van der Waals surface area contributed by atoms with Crippen molar-refractivity contribution in [2.75, 3.05) is 23.3 Å². The lowest BCUT2D eigenvalue weighted by Crippen LogP contribution is -2.65. The van der Waals surface area contributed by atoms with Gasteiger partial charge in [-0.15, -0.1) is 0 Å². The average molecular weight is 698 g/mol. The number of carbonyl (C=O) groups excluding carboxylic acids is 2. The van der Waals surface area contributed by atoms with Gasteiger partial charge in [0.1, 0.15) is 5.60 Å². The highest BCUT2D eigenvalue weighted by Crippen LogP contribution is 2.70. The Balaban J connectivity index is 1.11. The molecular weight excluding hydrogens is 653 g/mol. The number of halogens is 5. The highest BCUT2D eigenvalue weighted by molar-refractivity contribution is 5.93. The smallest absolute Gasteiger partial charge is 0.383 e. The Morgan fingerprint density at radius 2 is 1.64 bits per heavy atom. The van der Waals surface area contributed by atoms with Gasteiger partial charge in [0.2, 0.25) is 0 Å². The predicted molar refractivity (Wildman–Crippen MR) is 181 cm³/mol. The van der Waals surface area contributed by atoms with Crippen LogP contribution in [0.5, 0.6) is 0 Å². The number of rotatable bonds is 6. The number of hydrogen-bond donors (Lipinski definition) is 3. The van der Waals surface area contributed by atoms with Gasteiger partial charge in [0.05, 0.1) is 0 Å². The molecule has 5 aliphatic rings. The lowest BCUT2D eigenvalue weighted by atomic mass is 9.50. The molecule has 2 amide bonds. The molecule has 11 heteroatoms. The van der Waals surface area contributed by atoms with Gasteiger partial charge in [-0.1, -0.05) is 36.8 Å². The molecule has 6 nitrogen and oxygen atoms in total. The number of benzene rings is 2. The number of nitrogens with zero attached hydrogens (tertiary/aromatic N) is 1. The van der Waals surface area contributed by atoms with Crippen molar-refractivity contribution in [1.82, 2.24) is 5.32 Å². The number of aliphatic hydroxyl groups is 1. The average Bonchev–Trinajstić information content (AvgIpc) is 3.38. The zero-order valence-electron chi connectivity index (χ0n) is 28.2. The largest absolute Gasteiger partial charge is 0.456 e. The number of urea groups is 1. The third-order valence-electron chi connectivity index (χ3n) is 12.4. The normalized spacial score (nSPS) is 29.9. The van der Waals surface area contributed by atoms with E-state index in [4.69, 9.17) is 0 Å². The van der Waals surface area contributed by atoms with Gasteiger partial charge >= 0.3 is 18.1 Å². The molecule has 268 valence electrons. The molecule has 1 heterocycles. The fraction of sp³-hybridized carbons (Fsp3) is 0.538. The number of amides is 2. The first-order chi connectivity index (χ1) is 23.7. The Labute approximate surface area is 289 Å². The van der Waals surface area contributed by atoms with E-state index in [1.165, 1.54) is 26.2 Å². The van der Waals surface area contributed by atoms with E-state index >= 15 is 8.78 Å². The van der Waals surface area contributed by atoms with Crippen LogP contribution < -0.4 is 15.5 Å². The van der Waals surface area contributed by atoms with Crippen molar-refractivity contribution in [3.63, 3.8) is 0 Å². The van der Waals surface area contributed by atoms with Crippen LogP contribution in [0.25, 0.3) is 0 Å². The summed E-state index contributed by atoms with van der Waals surface area (Å²) in [6, 6.07) is 14.7. The van der Waals surface area contributed by atoms with Crippen molar-refractivity contribution >= 4 is 23.2 Å². The summed E-state index contributed by atoms with van der Waals surface area (Å²) in [5, 5.41) is 17.2. The molecule has 5 atom stereocenters. The quantitative estimate of drug-likeness (QED) is 0.264. The van der Waals surface area contributed by atoms with Gasteiger partial charge < -0.3 is 20.6 Å². The third kappa shape index (κ3) is 5.83. The van der Waals surface area contributed by atoms with E-state index in [1.807, 2.05) is 48.5 Å². The summed E-state index contributed by atoms with van der Waals surface area (Å²) < 4.78 is 72.1. The van der Waals surface area contributed by atoms with Crippen molar-refractivity contribution in [3.8, 4) is 0 Å². The van der Waals surface area contributed by atoms with Gasteiger partial charge in [0, 0.05) is 48.8 Å². The number of alkyl halides is 5. The number of piperidine rings is 1. The highest BCUT2D eigenvalue weighted by Gasteiger charge is 2.79. The van der Waals surface area contributed by atoms with Crippen LogP contribution in [-0.2, 0) is 11.3 Å². The molecule has 3 N–H and O–H groups in total. The van der Waals surface area contributed by atoms with Gasteiger partial charge in [-0.25, -0.2) is 4.79 Å². The summed E-state index contributed by atoms with van der Waals surface area (Å²) in [6.07, 6.45) is 0.650. The van der Waals surface area contributed by atoms with E-state index in [2.05, 4.69) is 15.5 Å². The number of fused-ring (bicyclic) bond motifs is 4. The van der Waals surface area contributed by atoms with Crippen molar-refractivity contribution in [3.05, 3.63) is 82.5 Å². The van der Waals surface area contributed by atoms with Crippen molar-refractivity contribution < 1.29 is 36.6 Å². The molecule has 2 aromatic rings. The molecule has 7 rings (SSSR count). The topological polar surface area (TPSA) is 81.7 Å². The monoisotopic (exact) mass is 697 g/mol. The van der Waals surface area contributed by atoms with Crippen molar-refractivity contribution in [2.24, 2.45) is 17.3 Å². The minimum absolute atomic E-state index is 0.0374. The second-order valence-corrected chi connectivity index (χ2v) is 15.1. The predicted octanol–water partition coefficient (Wildman–Crippen LogP) is 8.83. The molecule has 0 unspecified atom stereocenters. The molecule has 1 aliphatic heterocycles. The number of nitrogens with one attached hydrogen (secondary N) is 2. The minimum atomic E-state index is -5.89. The molecule has 4 aliphatic carbocycles. The number of anilines is 2. The van der Waals surface area contributed by atoms with E-state index in [0.717, 1.165) is 46.6 Å². The fourth-order valence-corrected chi connectivity index (χ4v) is 9.85.